The van der Waals surface area contributed by atoms with Gasteiger partial charge in [0, 0.05) is 12.1 Å². The highest BCUT2D eigenvalue weighted by Crippen LogP contribution is 2.23. The smallest absolute Gasteiger partial charge is 0.150 e. The van der Waals surface area contributed by atoms with Crippen molar-refractivity contribution in [2.45, 2.75) is 38.8 Å². The van der Waals surface area contributed by atoms with Crippen LogP contribution in [0.15, 0.2) is 40.9 Å². The number of rotatable bonds is 4. The second-order valence-corrected chi connectivity index (χ2v) is 5.39. The molecule has 2 heterocycles. The van der Waals surface area contributed by atoms with E-state index in [1.54, 1.807) is 0 Å². The van der Waals surface area contributed by atoms with Crippen molar-refractivity contribution in [3.8, 4) is 0 Å². The van der Waals surface area contributed by atoms with Crippen LogP contribution in [0.3, 0.4) is 0 Å². The first-order valence-electron chi connectivity index (χ1n) is 7.01. The Morgan fingerprint density at radius 3 is 2.89 bits per heavy atom. The molecule has 0 saturated carbocycles. The Morgan fingerprint density at radius 1 is 1.32 bits per heavy atom. The lowest BCUT2D eigenvalue weighted by Crippen LogP contribution is -2.30. The topological polar surface area (TPSA) is 29.3 Å². The van der Waals surface area contributed by atoms with Crippen molar-refractivity contribution < 1.29 is 4.52 Å². The van der Waals surface area contributed by atoms with E-state index >= 15 is 0 Å². The van der Waals surface area contributed by atoms with Gasteiger partial charge < -0.3 is 4.52 Å². The summed E-state index contributed by atoms with van der Waals surface area (Å²) in [6.45, 7) is 4.02. The number of hydrogen-bond donors (Lipinski definition) is 0. The van der Waals surface area contributed by atoms with Crippen LogP contribution in [0.25, 0.3) is 0 Å². The fourth-order valence-electron chi connectivity index (χ4n) is 2.91. The van der Waals surface area contributed by atoms with Crippen molar-refractivity contribution in [2.24, 2.45) is 0 Å². The van der Waals surface area contributed by atoms with Crippen LogP contribution in [0.2, 0.25) is 0 Å². The van der Waals surface area contributed by atoms with Crippen molar-refractivity contribution in [1.29, 1.82) is 0 Å². The summed E-state index contributed by atoms with van der Waals surface area (Å²) < 4.78 is 5.33. The van der Waals surface area contributed by atoms with Gasteiger partial charge in [0.1, 0.15) is 0 Å². The molecule has 2 aromatic rings. The van der Waals surface area contributed by atoms with E-state index in [9.17, 15) is 0 Å². The van der Waals surface area contributed by atoms with E-state index in [1.807, 2.05) is 13.0 Å². The normalized spacial score (nSPS) is 19.9. The summed E-state index contributed by atoms with van der Waals surface area (Å²) in [5.74, 6) is 0.984. The fraction of sp³-hybridized carbons (Fsp3) is 0.438. The molecule has 19 heavy (non-hydrogen) atoms. The molecule has 1 aromatic heterocycles. The molecule has 1 saturated heterocycles. The Hall–Kier alpha value is -1.61. The molecule has 0 aliphatic carbocycles. The Balaban J connectivity index is 1.65. The van der Waals surface area contributed by atoms with Gasteiger partial charge in [-0.15, -0.1) is 0 Å². The van der Waals surface area contributed by atoms with Gasteiger partial charge in [0.25, 0.3) is 0 Å². The van der Waals surface area contributed by atoms with Crippen LogP contribution in [0.4, 0.5) is 0 Å². The molecule has 3 rings (SSSR count). The molecule has 0 spiro atoms. The minimum absolute atomic E-state index is 0.632. The SMILES string of the molecule is Cc1cc(CN2CCCC2Cc2ccccc2)on1. The average molecular weight is 256 g/mol. The standard InChI is InChI=1S/C16H20N2O/c1-13-10-16(19-17-13)12-18-9-5-8-15(18)11-14-6-3-2-4-7-14/h2-4,6-7,10,15H,5,8-9,11-12H2,1H3. The summed E-state index contributed by atoms with van der Waals surface area (Å²) in [4.78, 5) is 2.52. The van der Waals surface area contributed by atoms with E-state index in [-0.39, 0.29) is 0 Å². The number of hydrogen-bond acceptors (Lipinski definition) is 3. The third-order valence-electron chi connectivity index (χ3n) is 3.85. The highest BCUT2D eigenvalue weighted by atomic mass is 16.5. The van der Waals surface area contributed by atoms with Crippen molar-refractivity contribution in [2.75, 3.05) is 6.54 Å². The minimum Gasteiger partial charge on any atom is -0.360 e. The van der Waals surface area contributed by atoms with E-state index in [4.69, 9.17) is 4.52 Å². The van der Waals surface area contributed by atoms with E-state index in [0.29, 0.717) is 6.04 Å². The average Bonchev–Trinajstić information content (AvgIpc) is 3.01. The molecule has 3 heteroatoms. The van der Waals surface area contributed by atoms with Crippen LogP contribution >= 0.6 is 0 Å². The lowest BCUT2D eigenvalue weighted by atomic mass is 10.0. The molecule has 0 amide bonds. The zero-order valence-electron chi connectivity index (χ0n) is 11.4. The third-order valence-corrected chi connectivity index (χ3v) is 3.85. The molecule has 0 N–H and O–H groups in total. The number of aryl methyl sites for hydroxylation is 1. The lowest BCUT2D eigenvalue weighted by Gasteiger charge is -2.23. The van der Waals surface area contributed by atoms with Crippen molar-refractivity contribution in [3.05, 3.63) is 53.4 Å². The zero-order chi connectivity index (χ0) is 13.1. The number of aromatic nitrogens is 1. The molecule has 100 valence electrons. The molecule has 1 fully saturated rings. The summed E-state index contributed by atoms with van der Waals surface area (Å²) in [6.07, 6.45) is 3.70. The quantitative estimate of drug-likeness (QED) is 0.841. The van der Waals surface area contributed by atoms with Gasteiger partial charge in [0.2, 0.25) is 0 Å². The van der Waals surface area contributed by atoms with Gasteiger partial charge in [-0.2, -0.15) is 0 Å². The van der Waals surface area contributed by atoms with Crippen molar-refractivity contribution in [1.82, 2.24) is 10.1 Å². The summed E-state index contributed by atoms with van der Waals surface area (Å²) >= 11 is 0. The first kappa shape index (κ1) is 12.4. The number of benzene rings is 1. The van der Waals surface area contributed by atoms with Crippen LogP contribution < -0.4 is 0 Å². The van der Waals surface area contributed by atoms with E-state index in [2.05, 4.69) is 40.4 Å². The molecule has 1 aromatic carbocycles. The second kappa shape index (κ2) is 5.57. The van der Waals surface area contributed by atoms with Crippen LogP contribution in [0.5, 0.6) is 0 Å². The molecule has 0 bridgehead atoms. The first-order chi connectivity index (χ1) is 9.31. The van der Waals surface area contributed by atoms with Crippen LogP contribution in [0.1, 0.15) is 29.9 Å². The van der Waals surface area contributed by atoms with Gasteiger partial charge >= 0.3 is 0 Å². The number of likely N-dealkylation sites (tertiary alicyclic amines) is 1. The third kappa shape index (κ3) is 3.04. The van der Waals surface area contributed by atoms with Crippen LogP contribution in [-0.2, 0) is 13.0 Å². The van der Waals surface area contributed by atoms with Gasteiger partial charge in [0.05, 0.1) is 12.2 Å². The summed E-state index contributed by atoms with van der Waals surface area (Å²) in [6, 6.07) is 13.4. The predicted octanol–water partition coefficient (Wildman–Crippen LogP) is 3.19. The molecule has 3 nitrogen and oxygen atoms in total. The summed E-state index contributed by atoms with van der Waals surface area (Å²) in [5, 5.41) is 3.97. The van der Waals surface area contributed by atoms with Crippen LogP contribution in [-0.4, -0.2) is 22.6 Å². The van der Waals surface area contributed by atoms with Gasteiger partial charge in [-0.3, -0.25) is 4.90 Å². The van der Waals surface area contributed by atoms with E-state index in [1.165, 1.54) is 18.4 Å². The van der Waals surface area contributed by atoms with Gasteiger partial charge in [-0.1, -0.05) is 35.5 Å². The summed E-state index contributed by atoms with van der Waals surface area (Å²) in [5.41, 5.74) is 2.39. The van der Waals surface area contributed by atoms with Crippen molar-refractivity contribution in [3.63, 3.8) is 0 Å². The maximum Gasteiger partial charge on any atom is 0.150 e. The molecule has 1 aliphatic heterocycles. The maximum absolute atomic E-state index is 5.33. The monoisotopic (exact) mass is 256 g/mol. The van der Waals surface area contributed by atoms with E-state index in [0.717, 1.165) is 31.0 Å². The van der Waals surface area contributed by atoms with Crippen LogP contribution in [0, 0.1) is 6.92 Å². The Labute approximate surface area is 114 Å². The highest BCUT2D eigenvalue weighted by Gasteiger charge is 2.25. The molecule has 1 aliphatic rings. The van der Waals surface area contributed by atoms with Crippen molar-refractivity contribution >= 4 is 0 Å². The summed E-state index contributed by atoms with van der Waals surface area (Å²) in [7, 11) is 0. The van der Waals surface area contributed by atoms with Gasteiger partial charge in [-0.05, 0) is 38.3 Å². The van der Waals surface area contributed by atoms with E-state index < -0.39 is 0 Å². The highest BCUT2D eigenvalue weighted by molar-refractivity contribution is 5.16. The molecular weight excluding hydrogens is 236 g/mol. The zero-order valence-corrected chi connectivity index (χ0v) is 11.4. The first-order valence-corrected chi connectivity index (χ1v) is 7.01. The molecule has 0 radical (unpaired) electrons. The fourth-order valence-corrected chi connectivity index (χ4v) is 2.91. The Morgan fingerprint density at radius 2 is 2.16 bits per heavy atom. The Kier molecular flexibility index (Phi) is 3.65. The molecule has 1 unspecified atom stereocenters. The number of nitrogens with zero attached hydrogens (tertiary/aromatic N) is 2. The maximum atomic E-state index is 5.33. The lowest BCUT2D eigenvalue weighted by molar-refractivity contribution is 0.214. The largest absolute Gasteiger partial charge is 0.360 e. The van der Waals surface area contributed by atoms with Gasteiger partial charge in [0.15, 0.2) is 5.76 Å². The van der Waals surface area contributed by atoms with Gasteiger partial charge in [-0.25, -0.2) is 0 Å². The molecule has 1 atom stereocenters. The predicted molar refractivity (Wildman–Crippen MR) is 74.8 cm³/mol. The Bertz CT molecular complexity index is 521. The molecular formula is C16H20N2O. The minimum atomic E-state index is 0.632. The second-order valence-electron chi connectivity index (χ2n) is 5.39.